The van der Waals surface area contributed by atoms with Crippen LogP contribution < -0.4 is 20.3 Å². The van der Waals surface area contributed by atoms with E-state index in [-0.39, 0.29) is 24.4 Å². The fourth-order valence-corrected chi connectivity index (χ4v) is 3.61. The first-order valence-corrected chi connectivity index (χ1v) is 11.4. The minimum atomic E-state index is -0.188. The van der Waals surface area contributed by atoms with Gasteiger partial charge in [-0.2, -0.15) is 5.10 Å². The quantitative estimate of drug-likeness (QED) is 0.390. The summed E-state index contributed by atoms with van der Waals surface area (Å²) in [5, 5.41) is 7.40. The van der Waals surface area contributed by atoms with Crippen LogP contribution in [0.2, 0.25) is 0 Å². The third kappa shape index (κ3) is 5.46. The highest BCUT2D eigenvalue weighted by Gasteiger charge is 2.11. The maximum Gasteiger partial charge on any atom is 0.276 e. The van der Waals surface area contributed by atoms with Crippen molar-refractivity contribution in [3.63, 3.8) is 0 Å². The van der Waals surface area contributed by atoms with Crippen LogP contribution in [0.4, 0.5) is 0 Å². The van der Waals surface area contributed by atoms with Gasteiger partial charge in [-0.25, -0.2) is 4.52 Å². The van der Waals surface area contributed by atoms with Gasteiger partial charge in [0, 0.05) is 37.5 Å². The first kappa shape index (κ1) is 23.1. The van der Waals surface area contributed by atoms with E-state index in [4.69, 9.17) is 9.47 Å². The van der Waals surface area contributed by atoms with E-state index in [1.807, 2.05) is 62.4 Å². The highest BCUT2D eigenvalue weighted by Crippen LogP contribution is 2.22. The van der Waals surface area contributed by atoms with E-state index in [2.05, 4.69) is 10.4 Å². The van der Waals surface area contributed by atoms with Gasteiger partial charge in [0.05, 0.1) is 18.9 Å². The summed E-state index contributed by atoms with van der Waals surface area (Å²) in [5.74, 6) is 1.47. The van der Waals surface area contributed by atoms with Crippen LogP contribution in [0.5, 0.6) is 11.5 Å². The SMILES string of the molecule is CCOc1ccc(CNC(=O)CCn2ccn3nc(-c4ccc(OCC)cc4)cc3c2=O)cc1. The van der Waals surface area contributed by atoms with Crippen LogP contribution in [-0.2, 0) is 17.9 Å². The predicted molar refractivity (Wildman–Crippen MR) is 130 cm³/mol. The highest BCUT2D eigenvalue weighted by atomic mass is 16.5. The van der Waals surface area contributed by atoms with Crippen LogP contribution in [0.15, 0.2) is 71.8 Å². The van der Waals surface area contributed by atoms with E-state index in [1.165, 1.54) is 4.57 Å². The van der Waals surface area contributed by atoms with Crippen molar-refractivity contribution in [1.82, 2.24) is 19.5 Å². The molecule has 2 heterocycles. The van der Waals surface area contributed by atoms with E-state index >= 15 is 0 Å². The number of nitrogens with one attached hydrogen (secondary N) is 1. The summed E-state index contributed by atoms with van der Waals surface area (Å²) in [6.45, 7) is 5.80. The molecule has 0 radical (unpaired) electrons. The second-order valence-corrected chi connectivity index (χ2v) is 7.72. The average Bonchev–Trinajstić information content (AvgIpc) is 3.29. The van der Waals surface area contributed by atoms with E-state index in [1.54, 1.807) is 23.0 Å². The van der Waals surface area contributed by atoms with Gasteiger partial charge in [-0.3, -0.25) is 9.59 Å². The standard InChI is InChI=1S/C26H28N4O4/c1-3-33-21-9-5-19(6-10-21)18-27-25(31)13-14-29-15-16-30-24(26(29)32)17-23(28-30)20-7-11-22(12-8-20)34-4-2/h5-12,15-17H,3-4,13-14,18H2,1-2H3,(H,27,31). The van der Waals surface area contributed by atoms with Crippen LogP contribution in [0.3, 0.4) is 0 Å². The van der Waals surface area contributed by atoms with Gasteiger partial charge in [-0.1, -0.05) is 12.1 Å². The molecule has 8 nitrogen and oxygen atoms in total. The molecule has 2 aromatic heterocycles. The Labute approximate surface area is 197 Å². The molecule has 0 unspecified atom stereocenters. The number of ether oxygens (including phenoxy) is 2. The van der Waals surface area contributed by atoms with Crippen molar-refractivity contribution in [3.05, 3.63) is 82.9 Å². The lowest BCUT2D eigenvalue weighted by atomic mass is 10.1. The predicted octanol–water partition coefficient (Wildman–Crippen LogP) is 3.67. The molecule has 0 aliphatic rings. The minimum Gasteiger partial charge on any atom is -0.494 e. The molecule has 8 heteroatoms. The van der Waals surface area contributed by atoms with Gasteiger partial charge in [0.2, 0.25) is 5.91 Å². The Balaban J connectivity index is 1.38. The molecule has 176 valence electrons. The molecule has 34 heavy (non-hydrogen) atoms. The van der Waals surface area contributed by atoms with Crippen LogP contribution in [0.1, 0.15) is 25.8 Å². The number of hydrogen-bond acceptors (Lipinski definition) is 5. The molecular formula is C26H28N4O4. The van der Waals surface area contributed by atoms with Crippen molar-refractivity contribution in [2.45, 2.75) is 33.4 Å². The molecule has 0 aliphatic heterocycles. The number of carbonyl (C=O) groups is 1. The number of nitrogens with zero attached hydrogens (tertiary/aromatic N) is 3. The molecule has 0 aliphatic carbocycles. The zero-order chi connectivity index (χ0) is 23.9. The van der Waals surface area contributed by atoms with Crippen molar-refractivity contribution in [2.24, 2.45) is 0 Å². The molecule has 0 saturated carbocycles. The molecule has 1 amide bonds. The van der Waals surface area contributed by atoms with Crippen molar-refractivity contribution >= 4 is 11.4 Å². The highest BCUT2D eigenvalue weighted by molar-refractivity contribution is 5.75. The van der Waals surface area contributed by atoms with Crippen LogP contribution in [-0.4, -0.2) is 33.3 Å². The van der Waals surface area contributed by atoms with Gasteiger partial charge in [-0.05, 0) is 61.9 Å². The second kappa shape index (κ2) is 10.7. The summed E-state index contributed by atoms with van der Waals surface area (Å²) in [4.78, 5) is 25.2. The first-order valence-electron chi connectivity index (χ1n) is 11.4. The van der Waals surface area contributed by atoms with Gasteiger partial charge in [0.1, 0.15) is 17.0 Å². The Hall–Kier alpha value is -4.07. The number of rotatable bonds is 10. The van der Waals surface area contributed by atoms with E-state index in [0.29, 0.717) is 31.0 Å². The lowest BCUT2D eigenvalue weighted by Crippen LogP contribution is -2.27. The number of fused-ring (bicyclic) bond motifs is 1. The lowest BCUT2D eigenvalue weighted by Gasteiger charge is -2.08. The van der Waals surface area contributed by atoms with E-state index < -0.39 is 0 Å². The molecule has 0 fully saturated rings. The van der Waals surface area contributed by atoms with Gasteiger partial charge in [0.15, 0.2) is 0 Å². The van der Waals surface area contributed by atoms with Gasteiger partial charge >= 0.3 is 0 Å². The maximum atomic E-state index is 12.9. The number of carbonyl (C=O) groups excluding carboxylic acids is 1. The average molecular weight is 461 g/mol. The van der Waals surface area contributed by atoms with Gasteiger partial charge in [0.25, 0.3) is 5.56 Å². The maximum absolute atomic E-state index is 12.9. The third-order valence-corrected chi connectivity index (χ3v) is 5.37. The summed E-state index contributed by atoms with van der Waals surface area (Å²) < 4.78 is 14.0. The minimum absolute atomic E-state index is 0.121. The van der Waals surface area contributed by atoms with Crippen molar-refractivity contribution in [2.75, 3.05) is 13.2 Å². The Bertz CT molecular complexity index is 1310. The summed E-state index contributed by atoms with van der Waals surface area (Å²) in [6.07, 6.45) is 3.59. The third-order valence-electron chi connectivity index (χ3n) is 5.37. The Morgan fingerprint density at radius 1 is 0.941 bits per heavy atom. The number of benzene rings is 2. The summed E-state index contributed by atoms with van der Waals surface area (Å²) in [7, 11) is 0. The zero-order valence-electron chi connectivity index (χ0n) is 19.4. The molecule has 0 atom stereocenters. The van der Waals surface area contributed by atoms with E-state index in [9.17, 15) is 9.59 Å². The monoisotopic (exact) mass is 460 g/mol. The van der Waals surface area contributed by atoms with Crippen molar-refractivity contribution < 1.29 is 14.3 Å². The molecule has 0 bridgehead atoms. The Morgan fingerprint density at radius 3 is 2.24 bits per heavy atom. The van der Waals surface area contributed by atoms with Crippen LogP contribution in [0, 0.1) is 0 Å². The van der Waals surface area contributed by atoms with Gasteiger partial charge < -0.3 is 19.4 Å². The lowest BCUT2D eigenvalue weighted by molar-refractivity contribution is -0.121. The fraction of sp³-hybridized carbons (Fsp3) is 0.269. The molecule has 4 rings (SSSR count). The van der Waals surface area contributed by atoms with Gasteiger partial charge in [-0.15, -0.1) is 0 Å². The number of hydrogen-bond donors (Lipinski definition) is 1. The number of aryl methyl sites for hydroxylation is 1. The zero-order valence-corrected chi connectivity index (χ0v) is 19.4. The van der Waals surface area contributed by atoms with Crippen molar-refractivity contribution in [1.29, 1.82) is 0 Å². The fourth-order valence-electron chi connectivity index (χ4n) is 3.61. The normalized spacial score (nSPS) is 10.9. The number of amides is 1. The van der Waals surface area contributed by atoms with Crippen LogP contribution >= 0.6 is 0 Å². The Kier molecular flexibility index (Phi) is 7.27. The first-order chi connectivity index (χ1) is 16.6. The topological polar surface area (TPSA) is 86.9 Å². The second-order valence-electron chi connectivity index (χ2n) is 7.72. The molecule has 0 spiro atoms. The van der Waals surface area contributed by atoms with Crippen LogP contribution in [0.25, 0.3) is 16.8 Å². The summed E-state index contributed by atoms with van der Waals surface area (Å²) in [6, 6.07) is 17.0. The molecule has 1 N–H and O–H groups in total. The Morgan fingerprint density at radius 2 is 1.59 bits per heavy atom. The molecule has 2 aromatic carbocycles. The molecule has 4 aromatic rings. The summed E-state index contributed by atoms with van der Waals surface area (Å²) in [5.41, 5.74) is 2.85. The smallest absolute Gasteiger partial charge is 0.276 e. The van der Waals surface area contributed by atoms with E-state index in [0.717, 1.165) is 22.6 Å². The summed E-state index contributed by atoms with van der Waals surface area (Å²) >= 11 is 0. The molecule has 0 saturated heterocycles. The van der Waals surface area contributed by atoms with Crippen molar-refractivity contribution in [3.8, 4) is 22.8 Å². The largest absolute Gasteiger partial charge is 0.494 e. The molecular weight excluding hydrogens is 432 g/mol. The number of aromatic nitrogens is 3.